The standard InChI is InChI=1S/C14H13BrF3NS/c1-2-19-13(12-7-11(15)8-20-12)9-4-3-5-10(6-9)14(16,17)18/h3-8,13,19H,2H2,1H3. The molecule has 0 saturated heterocycles. The lowest BCUT2D eigenvalue weighted by Crippen LogP contribution is -2.21. The Morgan fingerprint density at radius 2 is 2.05 bits per heavy atom. The molecule has 0 aliphatic carbocycles. The van der Waals surface area contributed by atoms with Crippen LogP contribution in [-0.4, -0.2) is 6.54 Å². The van der Waals surface area contributed by atoms with Gasteiger partial charge in [0.1, 0.15) is 0 Å². The van der Waals surface area contributed by atoms with Crippen LogP contribution in [-0.2, 0) is 6.18 Å². The fraction of sp³-hybridized carbons (Fsp3) is 0.286. The average molecular weight is 364 g/mol. The second-order valence-electron chi connectivity index (χ2n) is 4.28. The first kappa shape index (κ1) is 15.5. The Morgan fingerprint density at radius 3 is 2.60 bits per heavy atom. The highest BCUT2D eigenvalue weighted by Crippen LogP contribution is 2.34. The van der Waals surface area contributed by atoms with Crippen molar-refractivity contribution in [3.63, 3.8) is 0 Å². The molecule has 6 heteroatoms. The molecule has 1 N–H and O–H groups in total. The first-order valence-corrected chi connectivity index (χ1v) is 7.73. The molecule has 2 rings (SSSR count). The fourth-order valence-corrected chi connectivity index (χ4v) is 3.51. The van der Waals surface area contributed by atoms with Crippen molar-refractivity contribution in [1.82, 2.24) is 5.32 Å². The van der Waals surface area contributed by atoms with E-state index >= 15 is 0 Å². The summed E-state index contributed by atoms with van der Waals surface area (Å²) in [5.74, 6) is 0. The quantitative estimate of drug-likeness (QED) is 0.784. The molecule has 1 aromatic carbocycles. The molecule has 0 saturated carbocycles. The van der Waals surface area contributed by atoms with Gasteiger partial charge in [-0.2, -0.15) is 13.2 Å². The third-order valence-corrected chi connectivity index (χ3v) is 4.59. The highest BCUT2D eigenvalue weighted by molar-refractivity contribution is 9.10. The van der Waals surface area contributed by atoms with Crippen LogP contribution in [0.2, 0.25) is 0 Å². The van der Waals surface area contributed by atoms with Gasteiger partial charge >= 0.3 is 6.18 Å². The first-order valence-electron chi connectivity index (χ1n) is 6.06. The lowest BCUT2D eigenvalue weighted by Gasteiger charge is -2.18. The fourth-order valence-electron chi connectivity index (χ4n) is 1.96. The molecule has 1 nitrogen and oxygen atoms in total. The lowest BCUT2D eigenvalue weighted by atomic mass is 10.0. The Kier molecular flexibility index (Phi) is 4.88. The lowest BCUT2D eigenvalue weighted by molar-refractivity contribution is -0.137. The molecule has 0 fully saturated rings. The van der Waals surface area contributed by atoms with Gasteiger partial charge in [0.15, 0.2) is 0 Å². The van der Waals surface area contributed by atoms with Crippen LogP contribution in [0, 0.1) is 0 Å². The van der Waals surface area contributed by atoms with Crippen LogP contribution in [0.25, 0.3) is 0 Å². The van der Waals surface area contributed by atoms with Gasteiger partial charge in [-0.1, -0.05) is 19.1 Å². The zero-order valence-electron chi connectivity index (χ0n) is 10.7. The van der Waals surface area contributed by atoms with Gasteiger partial charge in [0.25, 0.3) is 0 Å². The summed E-state index contributed by atoms with van der Waals surface area (Å²) in [4.78, 5) is 0.984. The second-order valence-corrected chi connectivity index (χ2v) is 6.14. The highest BCUT2D eigenvalue weighted by atomic mass is 79.9. The molecule has 1 atom stereocenters. The zero-order chi connectivity index (χ0) is 14.8. The van der Waals surface area contributed by atoms with E-state index in [1.165, 1.54) is 23.5 Å². The van der Waals surface area contributed by atoms with E-state index in [4.69, 9.17) is 0 Å². The normalized spacial score (nSPS) is 13.4. The maximum absolute atomic E-state index is 12.8. The molecule has 0 radical (unpaired) electrons. The van der Waals surface area contributed by atoms with Crippen LogP contribution in [0.4, 0.5) is 13.2 Å². The van der Waals surface area contributed by atoms with Crippen molar-refractivity contribution in [1.29, 1.82) is 0 Å². The van der Waals surface area contributed by atoms with Crippen LogP contribution < -0.4 is 5.32 Å². The molecule has 0 spiro atoms. The number of hydrogen-bond acceptors (Lipinski definition) is 2. The van der Waals surface area contributed by atoms with Crippen molar-refractivity contribution >= 4 is 27.3 Å². The summed E-state index contributed by atoms with van der Waals surface area (Å²) in [6, 6.07) is 7.18. The number of nitrogens with one attached hydrogen (secondary N) is 1. The minimum absolute atomic E-state index is 0.224. The molecule has 0 amide bonds. The number of rotatable bonds is 4. The predicted molar refractivity (Wildman–Crippen MR) is 79.0 cm³/mol. The van der Waals surface area contributed by atoms with Crippen molar-refractivity contribution in [2.45, 2.75) is 19.1 Å². The summed E-state index contributed by atoms with van der Waals surface area (Å²) in [7, 11) is 0. The Balaban J connectivity index is 2.39. The first-order chi connectivity index (χ1) is 9.41. The van der Waals surface area contributed by atoms with Crippen molar-refractivity contribution in [3.05, 3.63) is 56.2 Å². The van der Waals surface area contributed by atoms with Gasteiger partial charge in [0.2, 0.25) is 0 Å². The van der Waals surface area contributed by atoms with Gasteiger partial charge in [0.05, 0.1) is 11.6 Å². The second kappa shape index (κ2) is 6.28. The van der Waals surface area contributed by atoms with E-state index in [1.807, 2.05) is 18.4 Å². The van der Waals surface area contributed by atoms with Crippen LogP contribution in [0.5, 0.6) is 0 Å². The van der Waals surface area contributed by atoms with Gasteiger partial charge in [-0.05, 0) is 46.2 Å². The van der Waals surface area contributed by atoms with Gasteiger partial charge in [-0.3, -0.25) is 0 Å². The highest BCUT2D eigenvalue weighted by Gasteiger charge is 2.31. The number of halogens is 4. The smallest absolute Gasteiger partial charge is 0.306 e. The summed E-state index contributed by atoms with van der Waals surface area (Å²) >= 11 is 4.89. The van der Waals surface area contributed by atoms with E-state index in [9.17, 15) is 13.2 Å². The van der Waals surface area contributed by atoms with Crippen molar-refractivity contribution in [2.75, 3.05) is 6.54 Å². The molecular formula is C14H13BrF3NS. The minimum atomic E-state index is -4.32. The average Bonchev–Trinajstić information content (AvgIpc) is 2.81. The number of thiophene rings is 1. The molecule has 2 aromatic rings. The molecule has 1 heterocycles. The molecule has 0 aliphatic rings. The van der Waals surface area contributed by atoms with Crippen molar-refractivity contribution in [2.24, 2.45) is 0 Å². The van der Waals surface area contributed by atoms with Gasteiger partial charge < -0.3 is 5.32 Å². The Bertz CT molecular complexity index is 580. The van der Waals surface area contributed by atoms with Crippen molar-refractivity contribution in [3.8, 4) is 0 Å². The Labute approximate surface area is 128 Å². The Hall–Kier alpha value is -0.850. The molecule has 108 valence electrons. The summed E-state index contributed by atoms with van der Waals surface area (Å²) < 4.78 is 39.3. The zero-order valence-corrected chi connectivity index (χ0v) is 13.1. The largest absolute Gasteiger partial charge is 0.416 e. The van der Waals surface area contributed by atoms with E-state index in [1.54, 1.807) is 6.07 Å². The summed E-state index contributed by atoms with van der Waals surface area (Å²) in [6.07, 6.45) is -4.32. The van der Waals surface area contributed by atoms with E-state index in [-0.39, 0.29) is 6.04 Å². The molecular weight excluding hydrogens is 351 g/mol. The van der Waals surface area contributed by atoms with E-state index in [0.29, 0.717) is 12.1 Å². The van der Waals surface area contributed by atoms with Gasteiger partial charge in [-0.15, -0.1) is 11.3 Å². The molecule has 1 aromatic heterocycles. The number of benzene rings is 1. The van der Waals surface area contributed by atoms with Crippen LogP contribution in [0.1, 0.15) is 29.0 Å². The monoisotopic (exact) mass is 363 g/mol. The van der Waals surface area contributed by atoms with Crippen molar-refractivity contribution < 1.29 is 13.2 Å². The third kappa shape index (κ3) is 3.62. The van der Waals surface area contributed by atoms with Crippen LogP contribution in [0.3, 0.4) is 0 Å². The topological polar surface area (TPSA) is 12.0 Å². The van der Waals surface area contributed by atoms with E-state index < -0.39 is 11.7 Å². The maximum atomic E-state index is 12.8. The minimum Gasteiger partial charge on any atom is -0.306 e. The van der Waals surface area contributed by atoms with E-state index in [0.717, 1.165) is 15.4 Å². The van der Waals surface area contributed by atoms with Crippen LogP contribution in [0.15, 0.2) is 40.2 Å². The predicted octanol–water partition coefficient (Wildman–Crippen LogP) is 5.23. The summed E-state index contributed by atoms with van der Waals surface area (Å²) in [6.45, 7) is 2.61. The molecule has 0 bridgehead atoms. The molecule has 20 heavy (non-hydrogen) atoms. The number of alkyl halides is 3. The number of hydrogen-bond donors (Lipinski definition) is 1. The summed E-state index contributed by atoms with van der Waals surface area (Å²) in [5.41, 5.74) is 0.00421. The maximum Gasteiger partial charge on any atom is 0.416 e. The molecule has 0 aliphatic heterocycles. The van der Waals surface area contributed by atoms with Gasteiger partial charge in [0, 0.05) is 14.7 Å². The van der Waals surface area contributed by atoms with Gasteiger partial charge in [-0.25, -0.2) is 0 Å². The van der Waals surface area contributed by atoms with E-state index in [2.05, 4.69) is 21.2 Å². The summed E-state index contributed by atoms with van der Waals surface area (Å²) in [5, 5.41) is 5.15. The Morgan fingerprint density at radius 1 is 1.30 bits per heavy atom. The third-order valence-electron chi connectivity index (χ3n) is 2.83. The SMILES string of the molecule is CCNC(c1cccc(C(F)(F)F)c1)c1cc(Br)cs1. The molecule has 1 unspecified atom stereocenters. The van der Waals surface area contributed by atoms with Crippen LogP contribution >= 0.6 is 27.3 Å².